The molecule has 0 saturated heterocycles. The number of hydrogen-bond acceptors (Lipinski definition) is 5. The number of benzene rings is 1. The number of nitrogens with one attached hydrogen (secondary N) is 2. The van der Waals surface area contributed by atoms with Gasteiger partial charge in [0.05, 0.1) is 16.6 Å². The summed E-state index contributed by atoms with van der Waals surface area (Å²) in [7, 11) is 4.16. The van der Waals surface area contributed by atoms with Crippen molar-refractivity contribution in [3.05, 3.63) is 23.2 Å². The van der Waals surface area contributed by atoms with Gasteiger partial charge in [-0.1, -0.05) is 0 Å². The Balaban J connectivity index is 1.97. The van der Waals surface area contributed by atoms with Crippen molar-refractivity contribution in [2.24, 2.45) is 0 Å². The van der Waals surface area contributed by atoms with Gasteiger partial charge in [-0.05, 0) is 58.3 Å². The van der Waals surface area contributed by atoms with Crippen LogP contribution in [0, 0.1) is 4.77 Å². The van der Waals surface area contributed by atoms with Gasteiger partial charge in [0.15, 0.2) is 4.77 Å². The summed E-state index contributed by atoms with van der Waals surface area (Å²) in [5.41, 5.74) is 3.04. The number of nitrogens with zero attached hydrogens (tertiary/aromatic N) is 4. The quantitative estimate of drug-likeness (QED) is 0.537. The van der Waals surface area contributed by atoms with Crippen molar-refractivity contribution in [3.8, 4) is 0 Å². The fourth-order valence-electron chi connectivity index (χ4n) is 2.76. The highest BCUT2D eigenvalue weighted by atomic mass is 32.1. The highest BCUT2D eigenvalue weighted by Gasteiger charge is 2.09. The fourth-order valence-corrected chi connectivity index (χ4v) is 3.10. The Hall–Kier alpha value is -1.99. The first kappa shape index (κ1) is 15.9. The summed E-state index contributed by atoms with van der Waals surface area (Å²) in [5.74, 6) is 0.874. The highest BCUT2D eigenvalue weighted by Crippen LogP contribution is 2.25. The second-order valence-electron chi connectivity index (χ2n) is 5.87. The smallest absolute Gasteiger partial charge is 0.178 e. The predicted octanol–water partition coefficient (Wildman–Crippen LogP) is 3.03. The summed E-state index contributed by atoms with van der Waals surface area (Å²) in [6.07, 6.45) is 2.68. The lowest BCUT2D eigenvalue weighted by molar-refractivity contribution is 0.405. The van der Waals surface area contributed by atoms with Crippen molar-refractivity contribution in [3.63, 3.8) is 0 Å². The molecule has 2 aromatic heterocycles. The lowest BCUT2D eigenvalue weighted by atomic mass is 10.2. The van der Waals surface area contributed by atoms with Gasteiger partial charge in [0.25, 0.3) is 0 Å². The number of hydrogen-bond donors (Lipinski definition) is 2. The third-order valence-electron chi connectivity index (χ3n) is 3.92. The minimum Gasteiger partial charge on any atom is -0.369 e. The molecule has 122 valence electrons. The number of fused-ring (bicyclic) bond motifs is 2. The van der Waals surface area contributed by atoms with Gasteiger partial charge in [0.1, 0.15) is 12.1 Å². The molecular weight excluding hydrogens is 308 g/mol. The number of anilines is 1. The monoisotopic (exact) mass is 330 g/mol. The van der Waals surface area contributed by atoms with Crippen molar-refractivity contribution in [1.29, 1.82) is 0 Å². The second kappa shape index (κ2) is 6.64. The van der Waals surface area contributed by atoms with Crippen LogP contribution in [0.4, 0.5) is 5.82 Å². The topological polar surface area (TPSA) is 61.8 Å². The molecule has 2 N–H and O–H groups in total. The first-order chi connectivity index (χ1) is 11.1. The molecule has 0 aliphatic rings. The van der Waals surface area contributed by atoms with E-state index in [9.17, 15) is 0 Å². The first-order valence-corrected chi connectivity index (χ1v) is 8.27. The van der Waals surface area contributed by atoms with E-state index in [1.165, 1.54) is 0 Å². The zero-order valence-electron chi connectivity index (χ0n) is 13.8. The van der Waals surface area contributed by atoms with Crippen LogP contribution in [0.15, 0.2) is 18.5 Å². The van der Waals surface area contributed by atoms with Crippen LogP contribution in [0.5, 0.6) is 0 Å². The van der Waals surface area contributed by atoms with Gasteiger partial charge in [0, 0.05) is 18.5 Å². The standard InChI is InChI=1S/C16H22N6S/c1-4-22-14-9-12-11(8-13(14)20-16(22)23)15(19-10-18-12)17-6-5-7-21(2)3/h8-10H,4-7H2,1-3H3,(H,20,23)(H,17,18,19). The van der Waals surface area contributed by atoms with E-state index in [4.69, 9.17) is 12.2 Å². The third-order valence-corrected chi connectivity index (χ3v) is 4.24. The van der Waals surface area contributed by atoms with E-state index in [1.54, 1.807) is 6.33 Å². The van der Waals surface area contributed by atoms with Gasteiger partial charge in [-0.25, -0.2) is 9.97 Å². The van der Waals surface area contributed by atoms with Crippen molar-refractivity contribution >= 4 is 40.0 Å². The number of rotatable bonds is 6. The molecule has 0 aliphatic heterocycles. The van der Waals surface area contributed by atoms with Crippen LogP contribution in [0.1, 0.15) is 13.3 Å². The molecule has 3 aromatic rings. The molecule has 0 atom stereocenters. The molecule has 0 spiro atoms. The molecule has 2 heterocycles. The van der Waals surface area contributed by atoms with Gasteiger partial charge in [0.2, 0.25) is 0 Å². The number of aromatic amines is 1. The fraction of sp³-hybridized carbons (Fsp3) is 0.438. The van der Waals surface area contributed by atoms with E-state index in [1.807, 2.05) is 0 Å². The van der Waals surface area contributed by atoms with E-state index in [0.29, 0.717) is 0 Å². The zero-order chi connectivity index (χ0) is 16.4. The van der Waals surface area contributed by atoms with Crippen molar-refractivity contribution in [2.45, 2.75) is 19.9 Å². The average molecular weight is 330 g/mol. The second-order valence-corrected chi connectivity index (χ2v) is 6.25. The molecule has 23 heavy (non-hydrogen) atoms. The van der Waals surface area contributed by atoms with Crippen molar-refractivity contribution in [1.82, 2.24) is 24.4 Å². The Bertz CT molecular complexity index is 879. The van der Waals surface area contributed by atoms with Gasteiger partial charge in [-0.15, -0.1) is 0 Å². The summed E-state index contributed by atoms with van der Waals surface area (Å²) < 4.78 is 2.82. The molecule has 0 fully saturated rings. The highest BCUT2D eigenvalue weighted by molar-refractivity contribution is 7.71. The Labute approximate surface area is 140 Å². The van der Waals surface area contributed by atoms with Crippen molar-refractivity contribution < 1.29 is 0 Å². The maximum atomic E-state index is 5.38. The molecular formula is C16H22N6S. The summed E-state index contributed by atoms with van der Waals surface area (Å²) in [6, 6.07) is 4.16. The molecule has 3 rings (SSSR count). The van der Waals surface area contributed by atoms with E-state index < -0.39 is 0 Å². The molecule has 0 saturated carbocycles. The molecule has 0 bridgehead atoms. The van der Waals surface area contributed by atoms with Gasteiger partial charge in [-0.2, -0.15) is 0 Å². The summed E-state index contributed by atoms with van der Waals surface area (Å²) >= 11 is 5.38. The van der Waals surface area contributed by atoms with Gasteiger partial charge < -0.3 is 19.8 Å². The number of aryl methyl sites for hydroxylation is 1. The molecule has 0 amide bonds. The molecule has 0 unspecified atom stereocenters. The molecule has 0 radical (unpaired) electrons. The third kappa shape index (κ3) is 3.20. The maximum Gasteiger partial charge on any atom is 0.178 e. The van der Waals surface area contributed by atoms with Crippen LogP contribution < -0.4 is 5.32 Å². The van der Waals surface area contributed by atoms with Gasteiger partial charge in [-0.3, -0.25) is 0 Å². The molecule has 6 nitrogen and oxygen atoms in total. The summed E-state index contributed by atoms with van der Waals surface area (Å²) in [5, 5.41) is 4.44. The SMILES string of the molecule is CCn1c(=S)[nH]c2cc3c(NCCCN(C)C)ncnc3cc21. The van der Waals surface area contributed by atoms with Crippen LogP contribution in [-0.2, 0) is 6.54 Å². The van der Waals surface area contributed by atoms with Crippen LogP contribution in [0.25, 0.3) is 21.9 Å². The van der Waals surface area contributed by atoms with E-state index >= 15 is 0 Å². The van der Waals surface area contributed by atoms with Crippen molar-refractivity contribution in [2.75, 3.05) is 32.5 Å². The minimum absolute atomic E-state index is 0.742. The Kier molecular flexibility index (Phi) is 4.58. The van der Waals surface area contributed by atoms with E-state index in [0.717, 1.165) is 58.6 Å². The zero-order valence-corrected chi connectivity index (χ0v) is 14.6. The van der Waals surface area contributed by atoms with E-state index in [2.05, 4.69) is 62.9 Å². The maximum absolute atomic E-state index is 5.38. The normalized spacial score (nSPS) is 11.7. The Morgan fingerprint density at radius 3 is 2.87 bits per heavy atom. The summed E-state index contributed by atoms with van der Waals surface area (Å²) in [6.45, 7) is 4.86. The summed E-state index contributed by atoms with van der Waals surface area (Å²) in [4.78, 5) is 14.3. The van der Waals surface area contributed by atoms with Crippen LogP contribution in [0.2, 0.25) is 0 Å². The number of H-pyrrole nitrogens is 1. The largest absolute Gasteiger partial charge is 0.369 e. The number of imidazole rings is 1. The van der Waals surface area contributed by atoms with E-state index in [-0.39, 0.29) is 0 Å². The average Bonchev–Trinajstić information content (AvgIpc) is 2.83. The minimum atomic E-state index is 0.742. The van der Waals surface area contributed by atoms with Crippen LogP contribution >= 0.6 is 12.2 Å². The van der Waals surface area contributed by atoms with Crippen LogP contribution in [0.3, 0.4) is 0 Å². The van der Waals surface area contributed by atoms with Gasteiger partial charge >= 0.3 is 0 Å². The molecule has 1 aromatic carbocycles. The lowest BCUT2D eigenvalue weighted by Gasteiger charge is -2.11. The molecule has 7 heteroatoms. The van der Waals surface area contributed by atoms with Crippen LogP contribution in [-0.4, -0.2) is 51.6 Å². The number of aromatic nitrogens is 4. The Morgan fingerprint density at radius 1 is 1.30 bits per heavy atom. The first-order valence-electron chi connectivity index (χ1n) is 7.86. The predicted molar refractivity (Wildman–Crippen MR) is 97.6 cm³/mol. The lowest BCUT2D eigenvalue weighted by Crippen LogP contribution is -2.16. The molecule has 0 aliphatic carbocycles. The Morgan fingerprint density at radius 2 is 2.13 bits per heavy atom.